The van der Waals surface area contributed by atoms with E-state index in [1.165, 1.54) is 42.7 Å². The lowest BCUT2D eigenvalue weighted by Gasteiger charge is -2.37. The van der Waals surface area contributed by atoms with Crippen LogP contribution in [0, 0.1) is 0 Å². The van der Waals surface area contributed by atoms with Crippen LogP contribution in [0.5, 0.6) is 69.0 Å². The third kappa shape index (κ3) is 20.5. The number of carbonyl (C=O) groups excluding carboxylic acids is 6. The van der Waals surface area contributed by atoms with Crippen molar-refractivity contribution in [2.45, 2.75) is 127 Å². The van der Waals surface area contributed by atoms with Crippen molar-refractivity contribution in [3.8, 4) is 69.0 Å². The first-order valence-corrected chi connectivity index (χ1v) is 34.7. The Hall–Kier alpha value is -10.3. The Labute approximate surface area is 603 Å². The van der Waals surface area contributed by atoms with Crippen LogP contribution in [0.15, 0.2) is 109 Å². The maximum absolute atomic E-state index is 14.6. The van der Waals surface area contributed by atoms with E-state index in [0.29, 0.717) is 169 Å². The van der Waals surface area contributed by atoms with E-state index >= 15 is 0 Å². The van der Waals surface area contributed by atoms with Crippen LogP contribution >= 0.6 is 0 Å². The first-order valence-electron chi connectivity index (χ1n) is 34.7. The smallest absolute Gasteiger partial charge is 0.329 e. The van der Waals surface area contributed by atoms with Gasteiger partial charge in [0.1, 0.15) is 35.8 Å². The highest BCUT2D eigenvalue weighted by molar-refractivity contribution is 5.90. The van der Waals surface area contributed by atoms with Crippen LogP contribution in [0.3, 0.4) is 0 Å². The Morgan fingerprint density at radius 3 is 1.13 bits per heavy atom. The van der Waals surface area contributed by atoms with Crippen molar-refractivity contribution >= 4 is 35.6 Å². The molecule has 0 saturated carbocycles. The van der Waals surface area contributed by atoms with Gasteiger partial charge in [-0.3, -0.25) is 24.5 Å². The molecule has 2 aliphatic heterocycles. The molecule has 6 aromatic carbocycles. The molecule has 103 heavy (non-hydrogen) atoms. The van der Waals surface area contributed by atoms with E-state index in [1.54, 1.807) is 98.9 Å². The zero-order chi connectivity index (χ0) is 74.0. The number of piperidine rings is 2. The number of aryl methyl sites for hydroxylation is 2. The van der Waals surface area contributed by atoms with E-state index < -0.39 is 59.9 Å². The summed E-state index contributed by atoms with van der Waals surface area (Å²) >= 11 is 0. The lowest BCUT2D eigenvalue weighted by Crippen LogP contribution is -2.50. The van der Waals surface area contributed by atoms with Gasteiger partial charge < -0.3 is 86.7 Å². The molecular weight excluding hydrogens is 1330 g/mol. The summed E-state index contributed by atoms with van der Waals surface area (Å²) in [6.07, 6.45) is 4.56. The quantitative estimate of drug-likeness (QED) is 0.0185. The highest BCUT2D eigenvalue weighted by Gasteiger charge is 2.40. The Kier molecular flexibility index (Phi) is 29.9. The number of benzene rings is 6. The molecule has 25 heteroatoms. The monoisotopic (exact) mass is 1430 g/mol. The van der Waals surface area contributed by atoms with E-state index in [9.17, 15) is 28.8 Å². The lowest BCUT2D eigenvalue weighted by atomic mass is 9.91. The first kappa shape index (κ1) is 78.4. The zero-order valence-electron chi connectivity index (χ0n) is 61.1. The molecule has 4 amide bonds. The number of methoxy groups -OCH3 is 10. The number of rotatable bonds is 38. The molecule has 2 fully saturated rings. The fraction of sp³-hybridized carbons (Fsp3) is 0.462. The molecule has 3 N–H and O–H groups in total. The number of amides is 4. The van der Waals surface area contributed by atoms with Crippen molar-refractivity contribution in [2.24, 2.45) is 0 Å². The number of nitrogens with zero attached hydrogens (tertiary/aromatic N) is 2. The Bertz CT molecular complexity index is 3540. The van der Waals surface area contributed by atoms with Crippen molar-refractivity contribution < 1.29 is 95.1 Å². The van der Waals surface area contributed by atoms with Crippen LogP contribution < -0.4 is 72.8 Å². The first-order chi connectivity index (χ1) is 50.0. The van der Waals surface area contributed by atoms with Gasteiger partial charge in [-0.15, -0.1) is 0 Å². The molecule has 6 aromatic rings. The summed E-state index contributed by atoms with van der Waals surface area (Å²) in [6, 6.07) is 30.5. The molecule has 2 heterocycles. The number of hydrogen-bond donors (Lipinski definition) is 3. The Balaban J connectivity index is 0.867. The topological polar surface area (TPSA) is 274 Å². The van der Waals surface area contributed by atoms with Gasteiger partial charge >= 0.3 is 11.9 Å². The van der Waals surface area contributed by atoms with Crippen LogP contribution in [0.4, 0.5) is 0 Å². The van der Waals surface area contributed by atoms with Crippen molar-refractivity contribution in [3.63, 3.8) is 0 Å². The van der Waals surface area contributed by atoms with Crippen LogP contribution in [-0.4, -0.2) is 168 Å². The predicted octanol–water partition coefficient (Wildman–Crippen LogP) is 10.6. The largest absolute Gasteiger partial charge is 0.493 e. The SMILES string of the molecule is CCC(C(=O)N1CCCCC1C(=O)OC(CCc1ccc(OC)c(OC)c1)c1cccc(OCC(=O)NCNCNC(=O)COc2cccc([C@@H](CCc3ccc(OC)c(OC)c3)OC(=O)C3CCCCN3C(=O)[C@@H](CC)c3cc(OC)c(OC)c(OC)c3)c2)c1)c1cc(OC)c(OC)c(OC)c1. The molecule has 8 rings (SSSR count). The third-order valence-electron chi connectivity index (χ3n) is 18.5. The minimum Gasteiger partial charge on any atom is -0.493 e. The zero-order valence-corrected chi connectivity index (χ0v) is 61.1. The van der Waals surface area contributed by atoms with Crippen molar-refractivity contribution in [3.05, 3.63) is 143 Å². The molecule has 0 radical (unpaired) electrons. The minimum absolute atomic E-state index is 0.0236. The number of nitrogens with one attached hydrogen (secondary N) is 3. The average Bonchev–Trinajstić information content (AvgIpc) is 0.793. The summed E-state index contributed by atoms with van der Waals surface area (Å²) in [6.45, 7) is 3.79. The van der Waals surface area contributed by atoms with Crippen LogP contribution in [0.25, 0.3) is 0 Å². The van der Waals surface area contributed by atoms with Gasteiger partial charge in [0.2, 0.25) is 23.3 Å². The molecule has 6 atom stereocenters. The van der Waals surface area contributed by atoms with Crippen LogP contribution in [0.2, 0.25) is 0 Å². The normalized spacial score (nSPS) is 15.3. The summed E-state index contributed by atoms with van der Waals surface area (Å²) in [5.41, 5.74) is 4.35. The second-order valence-corrected chi connectivity index (χ2v) is 24.8. The number of esters is 2. The Morgan fingerprint density at radius 2 is 0.786 bits per heavy atom. The number of likely N-dealkylation sites (tertiary alicyclic amines) is 2. The molecule has 0 spiro atoms. The van der Waals surface area contributed by atoms with Crippen LogP contribution in [-0.2, 0) is 51.1 Å². The summed E-state index contributed by atoms with van der Waals surface area (Å²) in [4.78, 5) is 88.2. The Morgan fingerprint density at radius 1 is 0.417 bits per heavy atom. The molecule has 0 bridgehead atoms. The fourth-order valence-electron chi connectivity index (χ4n) is 13.1. The summed E-state index contributed by atoms with van der Waals surface area (Å²) in [5.74, 6) is 1.69. The van der Waals surface area contributed by atoms with Gasteiger partial charge in [0.05, 0.1) is 96.3 Å². The van der Waals surface area contributed by atoms with E-state index in [-0.39, 0.29) is 38.4 Å². The standard InChI is InChI=1S/C78H99N5O20/c1-13-57(53-41-67(94-7)73(98-11)68(42-53)95-8)75(86)82-35-17-15-25-59(82)77(88)102-61(31-27-49-29-33-63(90-3)65(37-49)92-5)51-21-19-23-55(39-51)100-45-71(84)80-47-79-48-81-72(85)46-101-56-24-20-22-52(40-56)62(32-28-50-30-34-64(91-4)66(38-50)93-6)103-78(89)60-26-16-18-36-83(60)76(87)58(14-2)54-43-69(96-9)74(99-12)70(44-54)97-10/h19-24,29-30,33-34,37-44,57-62,79H,13-18,25-28,31-32,35-36,45-48H2,1-12H3,(H,80,84)(H,81,85)/t57-,58?,59?,60?,61+,62?/m0/s1. The van der Waals surface area contributed by atoms with Crippen molar-refractivity contribution in [1.29, 1.82) is 0 Å². The van der Waals surface area contributed by atoms with Gasteiger partial charge in [-0.05, 0) is 183 Å². The van der Waals surface area contributed by atoms with Gasteiger partial charge in [0, 0.05) is 13.1 Å². The molecular formula is C78H99N5O20. The lowest BCUT2D eigenvalue weighted by molar-refractivity contribution is -0.162. The number of carbonyl (C=O) groups is 6. The van der Waals surface area contributed by atoms with Crippen LogP contribution in [0.1, 0.15) is 135 Å². The molecule has 0 aromatic heterocycles. The van der Waals surface area contributed by atoms with Gasteiger partial charge in [0.15, 0.2) is 59.2 Å². The highest BCUT2D eigenvalue weighted by Crippen LogP contribution is 2.44. The maximum atomic E-state index is 14.6. The van der Waals surface area contributed by atoms with Crippen molar-refractivity contribution in [2.75, 3.05) is 111 Å². The van der Waals surface area contributed by atoms with Gasteiger partial charge in [0.25, 0.3) is 11.8 Å². The molecule has 4 unspecified atom stereocenters. The minimum atomic E-state index is -0.858. The second kappa shape index (κ2) is 39.2. The molecule has 0 aliphatic carbocycles. The molecule has 2 saturated heterocycles. The average molecular weight is 1430 g/mol. The highest BCUT2D eigenvalue weighted by atomic mass is 16.6. The summed E-state index contributed by atoms with van der Waals surface area (Å²) in [5, 5.41) is 8.43. The predicted molar refractivity (Wildman–Crippen MR) is 383 cm³/mol. The molecule has 556 valence electrons. The third-order valence-corrected chi connectivity index (χ3v) is 18.5. The van der Waals surface area contributed by atoms with E-state index in [1.807, 2.05) is 62.4 Å². The number of ether oxygens (including phenoxy) is 14. The number of hydrogen-bond acceptors (Lipinski definition) is 21. The molecule has 2 aliphatic rings. The van der Waals surface area contributed by atoms with E-state index in [4.69, 9.17) is 66.3 Å². The maximum Gasteiger partial charge on any atom is 0.329 e. The van der Waals surface area contributed by atoms with Gasteiger partial charge in [-0.2, -0.15) is 0 Å². The van der Waals surface area contributed by atoms with Crippen molar-refractivity contribution in [1.82, 2.24) is 25.8 Å². The second-order valence-electron chi connectivity index (χ2n) is 24.8. The fourth-order valence-corrected chi connectivity index (χ4v) is 13.1. The van der Waals surface area contributed by atoms with E-state index in [0.717, 1.165) is 24.0 Å². The molecule has 25 nitrogen and oxygen atoms in total. The van der Waals surface area contributed by atoms with E-state index in [2.05, 4.69) is 16.0 Å². The van der Waals surface area contributed by atoms with Gasteiger partial charge in [-0.1, -0.05) is 50.2 Å². The van der Waals surface area contributed by atoms with Gasteiger partial charge in [-0.25, -0.2) is 9.59 Å². The summed E-state index contributed by atoms with van der Waals surface area (Å²) in [7, 11) is 15.3. The summed E-state index contributed by atoms with van der Waals surface area (Å²) < 4.78 is 80.6.